The number of fused-ring (bicyclic) bond motifs is 2. The third-order valence-electron chi connectivity index (χ3n) is 6.53. The molecule has 1 aliphatic heterocycles. The third-order valence-corrected chi connectivity index (χ3v) is 6.53. The average molecular weight is 449 g/mol. The summed E-state index contributed by atoms with van der Waals surface area (Å²) in [6.45, 7) is 5.45. The maximum atomic E-state index is 12.2. The molecule has 3 aromatic heterocycles. The number of carbonyl (C=O) groups is 1. The SMILES string of the molecule is C[C@@H]1OC(=O)c2ccc(Cc3cc4c([C@](C)(N)CO)cnc(OC5CC5)c4cn3)nc2[C@H]1C. The summed E-state index contributed by atoms with van der Waals surface area (Å²) >= 11 is 0. The fourth-order valence-corrected chi connectivity index (χ4v) is 4.11. The van der Waals surface area contributed by atoms with Gasteiger partial charge >= 0.3 is 5.97 Å². The Labute approximate surface area is 192 Å². The van der Waals surface area contributed by atoms with Crippen LogP contribution < -0.4 is 10.5 Å². The number of ether oxygens (including phenoxy) is 2. The lowest BCUT2D eigenvalue weighted by Gasteiger charge is -2.27. The quantitative estimate of drug-likeness (QED) is 0.552. The second-order valence-corrected chi connectivity index (χ2v) is 9.40. The summed E-state index contributed by atoms with van der Waals surface area (Å²) in [5, 5.41) is 11.5. The number of aliphatic hydroxyl groups is 1. The summed E-state index contributed by atoms with van der Waals surface area (Å²) in [5.41, 5.74) is 9.05. The summed E-state index contributed by atoms with van der Waals surface area (Å²) in [6, 6.07) is 5.59. The molecule has 1 fully saturated rings. The lowest BCUT2D eigenvalue weighted by molar-refractivity contribution is 0.0234. The van der Waals surface area contributed by atoms with Gasteiger partial charge in [-0.15, -0.1) is 0 Å². The minimum atomic E-state index is -0.960. The van der Waals surface area contributed by atoms with Gasteiger partial charge in [-0.3, -0.25) is 9.97 Å². The van der Waals surface area contributed by atoms with E-state index in [1.54, 1.807) is 25.4 Å². The molecular formula is C25H28N4O4. The third kappa shape index (κ3) is 4.05. The van der Waals surface area contributed by atoms with Gasteiger partial charge in [0.15, 0.2) is 0 Å². The van der Waals surface area contributed by atoms with E-state index in [0.29, 0.717) is 17.9 Å². The number of esters is 1. The van der Waals surface area contributed by atoms with Crippen LogP contribution in [-0.2, 0) is 16.7 Å². The molecule has 0 unspecified atom stereocenters. The van der Waals surface area contributed by atoms with Crippen molar-refractivity contribution in [2.24, 2.45) is 5.73 Å². The number of pyridine rings is 3. The molecule has 5 rings (SSSR count). The zero-order valence-corrected chi connectivity index (χ0v) is 19.0. The topological polar surface area (TPSA) is 120 Å². The van der Waals surface area contributed by atoms with Crippen molar-refractivity contribution in [1.29, 1.82) is 0 Å². The predicted molar refractivity (Wildman–Crippen MR) is 122 cm³/mol. The van der Waals surface area contributed by atoms with E-state index < -0.39 is 5.54 Å². The molecule has 0 bridgehead atoms. The van der Waals surface area contributed by atoms with Gasteiger partial charge < -0.3 is 20.3 Å². The van der Waals surface area contributed by atoms with Crippen LogP contribution in [0, 0.1) is 0 Å². The predicted octanol–water partition coefficient (Wildman–Crippen LogP) is 2.99. The minimum Gasteiger partial charge on any atom is -0.474 e. The van der Waals surface area contributed by atoms with Crippen molar-refractivity contribution in [3.05, 3.63) is 58.8 Å². The number of aliphatic hydroxyl groups excluding tert-OH is 1. The summed E-state index contributed by atoms with van der Waals surface area (Å²) in [5.74, 6) is 0.229. The molecule has 4 heterocycles. The molecular weight excluding hydrogens is 420 g/mol. The highest BCUT2D eigenvalue weighted by atomic mass is 16.5. The van der Waals surface area contributed by atoms with Gasteiger partial charge in [-0.1, -0.05) is 6.92 Å². The largest absolute Gasteiger partial charge is 0.474 e. The highest BCUT2D eigenvalue weighted by molar-refractivity contribution is 5.92. The number of aromatic nitrogens is 3. The molecule has 2 aliphatic rings. The number of rotatable bonds is 6. The van der Waals surface area contributed by atoms with E-state index in [9.17, 15) is 9.90 Å². The zero-order chi connectivity index (χ0) is 23.3. The van der Waals surface area contributed by atoms with Gasteiger partial charge in [0.2, 0.25) is 5.88 Å². The van der Waals surface area contributed by atoms with Crippen LogP contribution in [0.15, 0.2) is 30.6 Å². The Morgan fingerprint density at radius 1 is 1.18 bits per heavy atom. The van der Waals surface area contributed by atoms with Gasteiger partial charge in [-0.25, -0.2) is 9.78 Å². The van der Waals surface area contributed by atoms with Crippen LogP contribution in [0.4, 0.5) is 0 Å². The van der Waals surface area contributed by atoms with Gasteiger partial charge in [0.1, 0.15) is 12.2 Å². The van der Waals surface area contributed by atoms with Gasteiger partial charge in [0, 0.05) is 41.7 Å². The standard InChI is InChI=1S/C25H28N4O4/c1-13-14(2)32-24(31)18-7-4-15(29-22(13)18)8-16-9-19-20(10-27-16)23(33-17-5-6-17)28-11-21(19)25(3,26)12-30/h4,7,9-11,13-14,17,30H,5-6,8,12,26H2,1-3H3/t13-,14-,25+/m0/s1. The maximum Gasteiger partial charge on any atom is 0.340 e. The van der Waals surface area contributed by atoms with Crippen LogP contribution in [0.3, 0.4) is 0 Å². The molecule has 3 N–H and O–H groups in total. The first kappa shape index (κ1) is 21.7. The summed E-state index contributed by atoms with van der Waals surface area (Å²) in [6.07, 6.45) is 5.96. The Bertz CT molecular complexity index is 1240. The van der Waals surface area contributed by atoms with Gasteiger partial charge in [-0.05, 0) is 50.3 Å². The molecule has 33 heavy (non-hydrogen) atoms. The van der Waals surface area contributed by atoms with E-state index in [1.165, 1.54) is 0 Å². The zero-order valence-electron chi connectivity index (χ0n) is 19.0. The molecule has 3 aromatic rings. The van der Waals surface area contributed by atoms with Crippen molar-refractivity contribution < 1.29 is 19.4 Å². The molecule has 0 radical (unpaired) electrons. The van der Waals surface area contributed by atoms with Crippen molar-refractivity contribution >= 4 is 16.7 Å². The van der Waals surface area contributed by atoms with Crippen LogP contribution in [0.25, 0.3) is 10.8 Å². The molecule has 3 atom stereocenters. The van der Waals surface area contributed by atoms with Crippen molar-refractivity contribution in [3.8, 4) is 5.88 Å². The first-order valence-corrected chi connectivity index (χ1v) is 11.3. The molecule has 1 saturated carbocycles. The second-order valence-electron chi connectivity index (χ2n) is 9.40. The Morgan fingerprint density at radius 3 is 2.70 bits per heavy atom. The number of nitrogens with zero attached hydrogens (tertiary/aromatic N) is 3. The van der Waals surface area contributed by atoms with E-state index in [0.717, 1.165) is 46.3 Å². The second kappa shape index (κ2) is 8.04. The molecule has 8 heteroatoms. The first-order chi connectivity index (χ1) is 15.8. The monoisotopic (exact) mass is 448 g/mol. The number of hydrogen-bond acceptors (Lipinski definition) is 8. The molecule has 172 valence electrons. The summed E-state index contributed by atoms with van der Waals surface area (Å²) in [4.78, 5) is 26.1. The number of cyclic esters (lactones) is 1. The van der Waals surface area contributed by atoms with Crippen molar-refractivity contribution in [3.63, 3.8) is 0 Å². The Morgan fingerprint density at radius 2 is 1.97 bits per heavy atom. The lowest BCUT2D eigenvalue weighted by atomic mass is 9.91. The van der Waals surface area contributed by atoms with Gasteiger partial charge in [0.05, 0.1) is 28.8 Å². The van der Waals surface area contributed by atoms with E-state index in [-0.39, 0.29) is 30.7 Å². The lowest BCUT2D eigenvalue weighted by Crippen LogP contribution is -2.37. The molecule has 0 saturated heterocycles. The maximum absolute atomic E-state index is 12.2. The Kier molecular flexibility index (Phi) is 5.29. The van der Waals surface area contributed by atoms with Crippen LogP contribution in [0.5, 0.6) is 5.88 Å². The van der Waals surface area contributed by atoms with Crippen molar-refractivity contribution in [2.75, 3.05) is 6.61 Å². The average Bonchev–Trinajstić information content (AvgIpc) is 3.61. The van der Waals surface area contributed by atoms with Gasteiger partial charge in [0.25, 0.3) is 0 Å². The van der Waals surface area contributed by atoms with Crippen LogP contribution >= 0.6 is 0 Å². The number of hydrogen-bond donors (Lipinski definition) is 2. The smallest absolute Gasteiger partial charge is 0.340 e. The van der Waals surface area contributed by atoms with Gasteiger partial charge in [-0.2, -0.15) is 0 Å². The highest BCUT2D eigenvalue weighted by Gasteiger charge is 2.32. The highest BCUT2D eigenvalue weighted by Crippen LogP contribution is 2.35. The molecule has 8 nitrogen and oxygen atoms in total. The Balaban J connectivity index is 1.54. The van der Waals surface area contributed by atoms with Crippen molar-refractivity contribution in [2.45, 2.75) is 63.7 Å². The summed E-state index contributed by atoms with van der Waals surface area (Å²) < 4.78 is 11.4. The number of carbonyl (C=O) groups excluding carboxylic acids is 1. The number of nitrogens with two attached hydrogens (primary N) is 1. The van der Waals surface area contributed by atoms with E-state index >= 15 is 0 Å². The molecule has 1 aliphatic carbocycles. The fraction of sp³-hybridized carbons (Fsp3) is 0.440. The molecule has 0 aromatic carbocycles. The van der Waals surface area contributed by atoms with E-state index in [4.69, 9.17) is 20.2 Å². The molecule has 0 spiro atoms. The van der Waals surface area contributed by atoms with Crippen molar-refractivity contribution in [1.82, 2.24) is 15.0 Å². The van der Waals surface area contributed by atoms with Crippen LogP contribution in [0.1, 0.15) is 72.5 Å². The summed E-state index contributed by atoms with van der Waals surface area (Å²) in [7, 11) is 0. The minimum absolute atomic E-state index is 0.0181. The Hall–Kier alpha value is -3.10. The van der Waals surface area contributed by atoms with E-state index in [2.05, 4.69) is 9.97 Å². The molecule has 0 amide bonds. The fourth-order valence-electron chi connectivity index (χ4n) is 4.11. The first-order valence-electron chi connectivity index (χ1n) is 11.3. The van der Waals surface area contributed by atoms with E-state index in [1.807, 2.05) is 26.0 Å². The van der Waals surface area contributed by atoms with Crippen LogP contribution in [-0.4, -0.2) is 44.8 Å². The normalized spacial score (nSPS) is 21.9. The van der Waals surface area contributed by atoms with Crippen LogP contribution in [0.2, 0.25) is 0 Å².